The maximum Gasteiger partial charge on any atom is 0.108 e. The van der Waals surface area contributed by atoms with Crippen molar-refractivity contribution in [1.29, 1.82) is 0 Å². The average Bonchev–Trinajstić information content (AvgIpc) is 2.60. The first-order valence-electron chi connectivity index (χ1n) is 6.08. The monoisotopic (exact) mass is 223 g/mol. The van der Waals surface area contributed by atoms with Crippen molar-refractivity contribution >= 4 is 0 Å². The highest BCUT2D eigenvalue weighted by atomic mass is 15.0. The number of imidazole rings is 1. The van der Waals surface area contributed by atoms with Crippen molar-refractivity contribution in [2.45, 2.75) is 46.1 Å². The van der Waals surface area contributed by atoms with Crippen LogP contribution in [-0.2, 0) is 13.5 Å². The van der Waals surface area contributed by atoms with Gasteiger partial charge in [-0.3, -0.25) is 0 Å². The Kier molecular flexibility index (Phi) is 4.54. The Balaban J connectivity index is 2.44. The van der Waals surface area contributed by atoms with Gasteiger partial charge in [0.05, 0.1) is 0 Å². The number of aryl methyl sites for hydroxylation is 2. The molecule has 0 spiro atoms. The molecule has 0 radical (unpaired) electrons. The van der Waals surface area contributed by atoms with Crippen molar-refractivity contribution in [2.24, 2.45) is 12.5 Å². The zero-order chi connectivity index (χ0) is 12.2. The largest absolute Gasteiger partial charge is 0.338 e. The van der Waals surface area contributed by atoms with Gasteiger partial charge in [0.1, 0.15) is 5.82 Å². The highest BCUT2D eigenvalue weighted by Gasteiger charge is 2.20. The highest BCUT2D eigenvalue weighted by molar-refractivity contribution is 4.92. The molecule has 92 valence electrons. The zero-order valence-corrected chi connectivity index (χ0v) is 11.2. The Morgan fingerprint density at radius 1 is 1.50 bits per heavy atom. The number of hydrogen-bond acceptors (Lipinski definition) is 2. The third-order valence-corrected chi connectivity index (χ3v) is 3.30. The minimum absolute atomic E-state index is 0.369. The second kappa shape index (κ2) is 5.48. The molecule has 1 rings (SSSR count). The fourth-order valence-corrected chi connectivity index (χ4v) is 2.12. The molecule has 16 heavy (non-hydrogen) atoms. The van der Waals surface area contributed by atoms with Crippen molar-refractivity contribution in [2.75, 3.05) is 7.05 Å². The normalized spacial score (nSPS) is 14.1. The summed E-state index contributed by atoms with van der Waals surface area (Å²) in [7, 11) is 4.09. The molecule has 1 heterocycles. The lowest BCUT2D eigenvalue weighted by atomic mass is 9.82. The average molecular weight is 223 g/mol. The van der Waals surface area contributed by atoms with Crippen LogP contribution < -0.4 is 5.32 Å². The molecular weight excluding hydrogens is 198 g/mol. The van der Waals surface area contributed by atoms with Gasteiger partial charge >= 0.3 is 0 Å². The SMILES string of the molecule is CNC(C)CC(C)(C)CCc1nccn1C. The van der Waals surface area contributed by atoms with Gasteiger partial charge in [0.2, 0.25) is 0 Å². The molecule has 0 saturated heterocycles. The lowest BCUT2D eigenvalue weighted by Crippen LogP contribution is -2.28. The molecule has 0 aliphatic carbocycles. The second-order valence-electron chi connectivity index (χ2n) is 5.51. The Morgan fingerprint density at radius 2 is 2.19 bits per heavy atom. The van der Waals surface area contributed by atoms with Crippen LogP contribution in [0.5, 0.6) is 0 Å². The summed E-state index contributed by atoms with van der Waals surface area (Å²) in [5.41, 5.74) is 0.369. The van der Waals surface area contributed by atoms with Crippen LogP contribution >= 0.6 is 0 Å². The minimum Gasteiger partial charge on any atom is -0.338 e. The van der Waals surface area contributed by atoms with Gasteiger partial charge in [0.15, 0.2) is 0 Å². The summed E-state index contributed by atoms with van der Waals surface area (Å²) < 4.78 is 2.11. The smallest absolute Gasteiger partial charge is 0.108 e. The van der Waals surface area contributed by atoms with E-state index in [0.29, 0.717) is 11.5 Å². The van der Waals surface area contributed by atoms with Crippen molar-refractivity contribution in [1.82, 2.24) is 14.9 Å². The van der Waals surface area contributed by atoms with Gasteiger partial charge in [0.25, 0.3) is 0 Å². The van der Waals surface area contributed by atoms with E-state index in [1.807, 2.05) is 19.4 Å². The van der Waals surface area contributed by atoms with Crippen LogP contribution in [0.15, 0.2) is 12.4 Å². The topological polar surface area (TPSA) is 29.9 Å². The molecule has 0 bridgehead atoms. The molecule has 1 atom stereocenters. The number of hydrogen-bond donors (Lipinski definition) is 1. The first kappa shape index (κ1) is 13.2. The fourth-order valence-electron chi connectivity index (χ4n) is 2.12. The maximum atomic E-state index is 4.37. The van der Waals surface area contributed by atoms with E-state index >= 15 is 0 Å². The lowest BCUT2D eigenvalue weighted by molar-refractivity contribution is 0.271. The van der Waals surface area contributed by atoms with Crippen LogP contribution in [0.2, 0.25) is 0 Å². The number of rotatable bonds is 6. The molecule has 0 aliphatic rings. The van der Waals surface area contributed by atoms with E-state index in [4.69, 9.17) is 0 Å². The summed E-state index contributed by atoms with van der Waals surface area (Å²) in [6.07, 6.45) is 7.34. The van der Waals surface area contributed by atoms with Gasteiger partial charge in [-0.15, -0.1) is 0 Å². The first-order valence-corrected chi connectivity index (χ1v) is 6.08. The van der Waals surface area contributed by atoms with Crippen LogP contribution in [0.25, 0.3) is 0 Å². The van der Waals surface area contributed by atoms with E-state index in [-0.39, 0.29) is 0 Å². The van der Waals surface area contributed by atoms with E-state index in [1.54, 1.807) is 0 Å². The Bertz CT molecular complexity index is 315. The van der Waals surface area contributed by atoms with Crippen LogP contribution in [0.1, 0.15) is 39.4 Å². The molecule has 1 unspecified atom stereocenters. The van der Waals surface area contributed by atoms with Crippen molar-refractivity contribution in [3.05, 3.63) is 18.2 Å². The first-order chi connectivity index (χ1) is 7.44. The minimum atomic E-state index is 0.369. The molecule has 0 fully saturated rings. The van der Waals surface area contributed by atoms with E-state index in [1.165, 1.54) is 18.7 Å². The van der Waals surface area contributed by atoms with Crippen molar-refractivity contribution in [3.8, 4) is 0 Å². The van der Waals surface area contributed by atoms with E-state index < -0.39 is 0 Å². The highest BCUT2D eigenvalue weighted by Crippen LogP contribution is 2.28. The quantitative estimate of drug-likeness (QED) is 0.802. The molecule has 3 nitrogen and oxygen atoms in total. The van der Waals surface area contributed by atoms with Gasteiger partial charge in [-0.25, -0.2) is 4.98 Å². The predicted octanol–water partition coefficient (Wildman–Crippen LogP) is 2.38. The van der Waals surface area contributed by atoms with Gasteiger partial charge in [-0.1, -0.05) is 13.8 Å². The number of nitrogens with one attached hydrogen (secondary N) is 1. The van der Waals surface area contributed by atoms with E-state index in [0.717, 1.165) is 6.42 Å². The lowest BCUT2D eigenvalue weighted by Gasteiger charge is -2.27. The molecular formula is C13H25N3. The van der Waals surface area contributed by atoms with Crippen molar-refractivity contribution < 1.29 is 0 Å². The van der Waals surface area contributed by atoms with Gasteiger partial charge < -0.3 is 9.88 Å². The molecule has 1 N–H and O–H groups in total. The zero-order valence-electron chi connectivity index (χ0n) is 11.2. The van der Waals surface area contributed by atoms with E-state index in [9.17, 15) is 0 Å². The van der Waals surface area contributed by atoms with Gasteiger partial charge in [0, 0.05) is 31.9 Å². The summed E-state index contributed by atoms with van der Waals surface area (Å²) in [6.45, 7) is 6.91. The van der Waals surface area contributed by atoms with E-state index in [2.05, 4.69) is 42.7 Å². The summed E-state index contributed by atoms with van der Waals surface area (Å²) in [5, 5.41) is 3.30. The second-order valence-corrected chi connectivity index (χ2v) is 5.51. The Labute approximate surface area is 99.3 Å². The molecule has 0 aliphatic heterocycles. The Hall–Kier alpha value is -0.830. The summed E-state index contributed by atoms with van der Waals surface area (Å²) >= 11 is 0. The third-order valence-electron chi connectivity index (χ3n) is 3.30. The predicted molar refractivity (Wildman–Crippen MR) is 68.4 cm³/mol. The number of aromatic nitrogens is 2. The third kappa shape index (κ3) is 3.97. The van der Waals surface area contributed by atoms with Crippen LogP contribution in [0.4, 0.5) is 0 Å². The summed E-state index contributed by atoms with van der Waals surface area (Å²) in [5.74, 6) is 1.19. The standard InChI is InChI=1S/C13H25N3/c1-11(14-4)10-13(2,3)7-6-12-15-8-9-16(12)5/h8-9,11,14H,6-7,10H2,1-5H3. The van der Waals surface area contributed by atoms with Gasteiger partial charge in [-0.2, -0.15) is 0 Å². The van der Waals surface area contributed by atoms with Gasteiger partial charge in [-0.05, 0) is 32.2 Å². The molecule has 3 heteroatoms. The van der Waals surface area contributed by atoms with Crippen LogP contribution in [-0.4, -0.2) is 22.6 Å². The summed E-state index contributed by atoms with van der Waals surface area (Å²) in [4.78, 5) is 4.37. The Morgan fingerprint density at radius 3 is 2.69 bits per heavy atom. The summed E-state index contributed by atoms with van der Waals surface area (Å²) in [6, 6.07) is 0.580. The fraction of sp³-hybridized carbons (Fsp3) is 0.769. The molecule has 0 saturated carbocycles. The molecule has 0 amide bonds. The molecule has 1 aromatic rings. The van der Waals surface area contributed by atoms with Crippen LogP contribution in [0, 0.1) is 5.41 Å². The maximum absolute atomic E-state index is 4.37. The molecule has 1 aromatic heterocycles. The van der Waals surface area contributed by atoms with Crippen LogP contribution in [0.3, 0.4) is 0 Å². The molecule has 0 aromatic carbocycles. The van der Waals surface area contributed by atoms with Crippen molar-refractivity contribution in [3.63, 3.8) is 0 Å². The number of nitrogens with zero attached hydrogens (tertiary/aromatic N) is 2.